The van der Waals surface area contributed by atoms with Gasteiger partial charge >= 0.3 is 0 Å². The van der Waals surface area contributed by atoms with E-state index in [9.17, 15) is 4.79 Å². The van der Waals surface area contributed by atoms with E-state index in [1.165, 1.54) is 6.42 Å². The summed E-state index contributed by atoms with van der Waals surface area (Å²) >= 11 is 0. The summed E-state index contributed by atoms with van der Waals surface area (Å²) in [6, 6.07) is 10.2. The number of aromatic nitrogens is 1. The highest BCUT2D eigenvalue weighted by molar-refractivity contribution is 5.95. The average molecular weight is 353 g/mol. The van der Waals surface area contributed by atoms with Gasteiger partial charge in [0.2, 0.25) is 0 Å². The molecule has 1 amide bonds. The lowest BCUT2D eigenvalue weighted by Gasteiger charge is -2.35. The number of methoxy groups -OCH3 is 1. The van der Waals surface area contributed by atoms with E-state index in [4.69, 9.17) is 4.74 Å². The van der Waals surface area contributed by atoms with Crippen molar-refractivity contribution in [2.75, 3.05) is 19.0 Å². The van der Waals surface area contributed by atoms with E-state index in [2.05, 4.69) is 17.2 Å². The number of hydrogen-bond acceptors (Lipinski definition) is 4. The van der Waals surface area contributed by atoms with E-state index in [1.807, 2.05) is 35.2 Å². The lowest BCUT2D eigenvalue weighted by Crippen LogP contribution is -2.43. The second-order valence-electron chi connectivity index (χ2n) is 6.72. The van der Waals surface area contributed by atoms with Crippen molar-refractivity contribution in [3.63, 3.8) is 0 Å². The molecule has 1 atom stereocenters. The van der Waals surface area contributed by atoms with Crippen molar-refractivity contribution in [3.05, 3.63) is 53.9 Å². The molecular formula is C21H27N3O2. The molecule has 0 spiro atoms. The number of nitrogens with one attached hydrogen (secondary N) is 1. The third-order valence-corrected chi connectivity index (χ3v) is 5.00. The number of carbonyl (C=O) groups excluding carboxylic acids is 1. The molecule has 5 heteroatoms. The summed E-state index contributed by atoms with van der Waals surface area (Å²) in [5.74, 6) is 0.937. The summed E-state index contributed by atoms with van der Waals surface area (Å²) in [7, 11) is 1.66. The van der Waals surface area contributed by atoms with Gasteiger partial charge in [-0.1, -0.05) is 19.1 Å². The number of pyridine rings is 1. The Labute approximate surface area is 155 Å². The maximum Gasteiger partial charge on any atom is 0.255 e. The molecule has 3 rings (SSSR count). The van der Waals surface area contributed by atoms with Crippen molar-refractivity contribution in [1.29, 1.82) is 0 Å². The van der Waals surface area contributed by atoms with Gasteiger partial charge in [0, 0.05) is 31.5 Å². The standard InChI is InChI=1S/C21H27N3O2/c1-3-19-6-4-5-11-24(19)21(25)17-12-18(15-22-14-17)23-13-16-7-9-20(26-2)10-8-16/h7-10,12,14-15,19,23H,3-6,11,13H2,1-2H3. The Morgan fingerprint density at radius 1 is 1.27 bits per heavy atom. The Kier molecular flexibility index (Phi) is 6.10. The number of piperidine rings is 1. The molecule has 1 aromatic heterocycles. The van der Waals surface area contributed by atoms with E-state index < -0.39 is 0 Å². The van der Waals surface area contributed by atoms with Crippen LogP contribution in [0.15, 0.2) is 42.7 Å². The van der Waals surface area contributed by atoms with Crippen LogP contribution in [0.25, 0.3) is 0 Å². The molecule has 26 heavy (non-hydrogen) atoms. The highest BCUT2D eigenvalue weighted by atomic mass is 16.5. The molecule has 0 bridgehead atoms. The molecule has 1 aliphatic rings. The maximum absolute atomic E-state index is 12.9. The zero-order valence-corrected chi connectivity index (χ0v) is 15.6. The smallest absolute Gasteiger partial charge is 0.255 e. The van der Waals surface area contributed by atoms with Gasteiger partial charge in [0.05, 0.1) is 18.4 Å². The Bertz CT molecular complexity index is 730. The van der Waals surface area contributed by atoms with Gasteiger partial charge in [-0.25, -0.2) is 0 Å². The van der Waals surface area contributed by atoms with E-state index in [0.717, 1.165) is 42.8 Å². The maximum atomic E-state index is 12.9. The number of amides is 1. The monoisotopic (exact) mass is 353 g/mol. The molecule has 1 saturated heterocycles. The van der Waals surface area contributed by atoms with E-state index in [0.29, 0.717) is 18.2 Å². The second-order valence-corrected chi connectivity index (χ2v) is 6.72. The number of hydrogen-bond donors (Lipinski definition) is 1. The fraction of sp³-hybridized carbons (Fsp3) is 0.429. The Morgan fingerprint density at radius 3 is 2.81 bits per heavy atom. The number of ether oxygens (including phenoxy) is 1. The zero-order chi connectivity index (χ0) is 18.4. The number of nitrogens with zero attached hydrogens (tertiary/aromatic N) is 2. The molecule has 1 N–H and O–H groups in total. The Morgan fingerprint density at radius 2 is 2.08 bits per heavy atom. The first-order valence-corrected chi connectivity index (χ1v) is 9.34. The SMILES string of the molecule is CCC1CCCCN1C(=O)c1cncc(NCc2ccc(OC)cc2)c1. The van der Waals surface area contributed by atoms with Crippen LogP contribution < -0.4 is 10.1 Å². The molecular weight excluding hydrogens is 326 g/mol. The molecule has 1 aromatic carbocycles. The van der Waals surface area contributed by atoms with Crippen LogP contribution >= 0.6 is 0 Å². The molecule has 138 valence electrons. The van der Waals surface area contributed by atoms with Crippen molar-refractivity contribution in [2.24, 2.45) is 0 Å². The van der Waals surface area contributed by atoms with Crippen LogP contribution in [0.3, 0.4) is 0 Å². The van der Waals surface area contributed by atoms with Crippen molar-refractivity contribution in [2.45, 2.75) is 45.2 Å². The normalized spacial score (nSPS) is 17.0. The molecule has 2 heterocycles. The molecule has 2 aromatic rings. The largest absolute Gasteiger partial charge is 0.497 e. The predicted octanol–water partition coefficient (Wildman–Crippen LogP) is 4.11. The van der Waals surface area contributed by atoms with Crippen molar-refractivity contribution < 1.29 is 9.53 Å². The highest BCUT2D eigenvalue weighted by Gasteiger charge is 2.26. The number of likely N-dealkylation sites (tertiary alicyclic amines) is 1. The summed E-state index contributed by atoms with van der Waals surface area (Å²) in [6.45, 7) is 3.67. The Hall–Kier alpha value is -2.56. The van der Waals surface area contributed by atoms with E-state index in [-0.39, 0.29) is 5.91 Å². The number of anilines is 1. The minimum absolute atomic E-state index is 0.0946. The van der Waals surface area contributed by atoms with Gasteiger partial charge in [-0.05, 0) is 49.4 Å². The minimum atomic E-state index is 0.0946. The summed E-state index contributed by atoms with van der Waals surface area (Å²) in [5.41, 5.74) is 2.66. The van der Waals surface area contributed by atoms with Gasteiger partial charge in [0.15, 0.2) is 0 Å². The summed E-state index contributed by atoms with van der Waals surface area (Å²) in [4.78, 5) is 19.2. The van der Waals surface area contributed by atoms with Crippen molar-refractivity contribution in [3.8, 4) is 5.75 Å². The summed E-state index contributed by atoms with van der Waals surface area (Å²) < 4.78 is 5.18. The molecule has 1 aliphatic heterocycles. The first kappa shape index (κ1) is 18.2. The molecule has 0 aliphatic carbocycles. The van der Waals surface area contributed by atoms with Crippen LogP contribution in [-0.4, -0.2) is 35.5 Å². The van der Waals surface area contributed by atoms with Crippen molar-refractivity contribution in [1.82, 2.24) is 9.88 Å². The van der Waals surface area contributed by atoms with Gasteiger partial charge in [0.25, 0.3) is 5.91 Å². The van der Waals surface area contributed by atoms with Gasteiger partial charge in [-0.3, -0.25) is 9.78 Å². The third kappa shape index (κ3) is 4.34. The average Bonchev–Trinajstić information content (AvgIpc) is 2.72. The molecule has 1 unspecified atom stereocenters. The van der Waals surface area contributed by atoms with Gasteiger partial charge < -0.3 is 15.0 Å². The second kappa shape index (κ2) is 8.70. The zero-order valence-electron chi connectivity index (χ0n) is 15.6. The number of benzene rings is 1. The van der Waals surface area contributed by atoms with Gasteiger partial charge in [-0.2, -0.15) is 0 Å². The molecule has 0 radical (unpaired) electrons. The number of carbonyl (C=O) groups is 1. The number of rotatable bonds is 6. The highest BCUT2D eigenvalue weighted by Crippen LogP contribution is 2.22. The predicted molar refractivity (Wildman–Crippen MR) is 104 cm³/mol. The quantitative estimate of drug-likeness (QED) is 0.849. The van der Waals surface area contributed by atoms with Crippen molar-refractivity contribution >= 4 is 11.6 Å². The van der Waals surface area contributed by atoms with E-state index in [1.54, 1.807) is 19.5 Å². The molecule has 5 nitrogen and oxygen atoms in total. The fourth-order valence-corrected chi connectivity index (χ4v) is 3.46. The topological polar surface area (TPSA) is 54.5 Å². The van der Waals surface area contributed by atoms with E-state index >= 15 is 0 Å². The lowest BCUT2D eigenvalue weighted by molar-refractivity contribution is 0.0607. The summed E-state index contributed by atoms with van der Waals surface area (Å²) in [5, 5.41) is 3.35. The van der Waals surface area contributed by atoms with Crippen LogP contribution in [0.4, 0.5) is 5.69 Å². The van der Waals surface area contributed by atoms with Gasteiger partial charge in [0.1, 0.15) is 5.75 Å². The van der Waals surface area contributed by atoms with Crippen LogP contribution in [0.1, 0.15) is 48.5 Å². The van der Waals surface area contributed by atoms with Crippen LogP contribution in [0, 0.1) is 0 Å². The van der Waals surface area contributed by atoms with Crippen LogP contribution in [-0.2, 0) is 6.54 Å². The first-order chi connectivity index (χ1) is 12.7. The Balaban J connectivity index is 1.66. The van der Waals surface area contributed by atoms with Gasteiger partial charge in [-0.15, -0.1) is 0 Å². The molecule has 1 fully saturated rings. The fourth-order valence-electron chi connectivity index (χ4n) is 3.46. The first-order valence-electron chi connectivity index (χ1n) is 9.34. The van der Waals surface area contributed by atoms with Crippen LogP contribution in [0.2, 0.25) is 0 Å². The minimum Gasteiger partial charge on any atom is -0.497 e. The molecule has 0 saturated carbocycles. The third-order valence-electron chi connectivity index (χ3n) is 5.00. The van der Waals surface area contributed by atoms with Crippen LogP contribution in [0.5, 0.6) is 5.75 Å². The lowest BCUT2D eigenvalue weighted by atomic mass is 9.99. The summed E-state index contributed by atoms with van der Waals surface area (Å²) in [6.07, 6.45) is 7.84.